The second-order valence-electron chi connectivity index (χ2n) is 5.97. The molecule has 0 bridgehead atoms. The van der Waals surface area contributed by atoms with Crippen molar-refractivity contribution in [2.24, 2.45) is 0 Å². The van der Waals surface area contributed by atoms with Gasteiger partial charge in [0.05, 0.1) is 4.90 Å². The van der Waals surface area contributed by atoms with E-state index in [1.165, 1.54) is 12.1 Å². The normalized spacial score (nSPS) is 11.5. The molecule has 2 N–H and O–H groups in total. The zero-order chi connectivity index (χ0) is 17.7. The van der Waals surface area contributed by atoms with Crippen molar-refractivity contribution in [1.29, 1.82) is 0 Å². The van der Waals surface area contributed by atoms with Crippen LogP contribution >= 0.6 is 0 Å². The van der Waals surface area contributed by atoms with Crippen molar-refractivity contribution in [3.05, 3.63) is 65.2 Å². The van der Waals surface area contributed by atoms with E-state index in [0.29, 0.717) is 12.1 Å². The van der Waals surface area contributed by atoms with Crippen LogP contribution in [0.4, 0.5) is 0 Å². The molecule has 0 atom stereocenters. The first kappa shape index (κ1) is 18.2. The Morgan fingerprint density at radius 2 is 1.75 bits per heavy atom. The van der Waals surface area contributed by atoms with Gasteiger partial charge in [-0.25, -0.2) is 13.1 Å². The van der Waals surface area contributed by atoms with Crippen LogP contribution in [-0.4, -0.2) is 20.4 Å². The monoisotopic (exact) mass is 346 g/mol. The molecule has 6 heteroatoms. The van der Waals surface area contributed by atoms with Gasteiger partial charge in [0.2, 0.25) is 10.0 Å². The summed E-state index contributed by atoms with van der Waals surface area (Å²) < 4.78 is 26.9. The van der Waals surface area contributed by atoms with Gasteiger partial charge in [0.15, 0.2) is 0 Å². The first-order valence-electron chi connectivity index (χ1n) is 7.74. The van der Waals surface area contributed by atoms with Crippen LogP contribution in [0.25, 0.3) is 0 Å². The number of carbonyl (C=O) groups excluding carboxylic acids is 1. The molecule has 128 valence electrons. The number of sulfonamides is 1. The maximum absolute atomic E-state index is 12.3. The minimum Gasteiger partial charge on any atom is -0.348 e. The molecule has 0 aliphatic rings. The molecule has 0 saturated carbocycles. The Hall–Kier alpha value is -2.18. The van der Waals surface area contributed by atoms with Crippen molar-refractivity contribution >= 4 is 15.9 Å². The molecule has 0 radical (unpaired) electrons. The predicted molar refractivity (Wildman–Crippen MR) is 94.2 cm³/mol. The standard InChI is InChI=1S/C18H22N2O3S/c1-13(2)20-24(22,23)17-6-4-5-16(11-17)18(21)19-12-15-9-7-14(3)8-10-15/h4-11,13,20H,12H2,1-3H3,(H,19,21). The molecule has 0 unspecified atom stereocenters. The molecule has 1 amide bonds. The third-order valence-corrected chi connectivity index (χ3v) is 5.03. The number of carbonyl (C=O) groups is 1. The molecule has 2 aromatic carbocycles. The van der Waals surface area contributed by atoms with Gasteiger partial charge >= 0.3 is 0 Å². The van der Waals surface area contributed by atoms with E-state index in [2.05, 4.69) is 10.0 Å². The Balaban J connectivity index is 2.10. The van der Waals surface area contributed by atoms with Crippen molar-refractivity contribution in [3.8, 4) is 0 Å². The van der Waals surface area contributed by atoms with Gasteiger partial charge in [0.1, 0.15) is 0 Å². The molecule has 2 rings (SSSR count). The van der Waals surface area contributed by atoms with Crippen molar-refractivity contribution in [2.75, 3.05) is 0 Å². The van der Waals surface area contributed by atoms with E-state index in [-0.39, 0.29) is 16.8 Å². The van der Waals surface area contributed by atoms with Crippen LogP contribution < -0.4 is 10.0 Å². The zero-order valence-corrected chi connectivity index (χ0v) is 14.9. The summed E-state index contributed by atoms with van der Waals surface area (Å²) in [6.07, 6.45) is 0. The third kappa shape index (κ3) is 4.91. The number of rotatable bonds is 6. The van der Waals surface area contributed by atoms with Gasteiger partial charge < -0.3 is 5.32 Å². The molecule has 0 fully saturated rings. The van der Waals surface area contributed by atoms with Gasteiger partial charge in [-0.3, -0.25) is 4.79 Å². The summed E-state index contributed by atoms with van der Waals surface area (Å²) in [5, 5.41) is 2.80. The molecule has 5 nitrogen and oxygen atoms in total. The van der Waals surface area contributed by atoms with Crippen molar-refractivity contribution in [3.63, 3.8) is 0 Å². The van der Waals surface area contributed by atoms with Crippen LogP contribution in [0, 0.1) is 6.92 Å². The van der Waals surface area contributed by atoms with Crippen molar-refractivity contribution in [1.82, 2.24) is 10.0 Å². The van der Waals surface area contributed by atoms with Gasteiger partial charge in [-0.05, 0) is 44.5 Å². The fraction of sp³-hybridized carbons (Fsp3) is 0.278. The van der Waals surface area contributed by atoms with E-state index in [9.17, 15) is 13.2 Å². The first-order valence-corrected chi connectivity index (χ1v) is 9.22. The highest BCUT2D eigenvalue weighted by molar-refractivity contribution is 7.89. The van der Waals surface area contributed by atoms with Crippen LogP contribution in [0.15, 0.2) is 53.4 Å². The molecule has 0 spiro atoms. The molecular weight excluding hydrogens is 324 g/mol. The smallest absolute Gasteiger partial charge is 0.251 e. The van der Waals surface area contributed by atoms with E-state index < -0.39 is 10.0 Å². The second-order valence-corrected chi connectivity index (χ2v) is 7.69. The maximum atomic E-state index is 12.3. The largest absolute Gasteiger partial charge is 0.348 e. The Morgan fingerprint density at radius 1 is 1.08 bits per heavy atom. The van der Waals surface area contributed by atoms with Gasteiger partial charge in [0, 0.05) is 18.2 Å². The summed E-state index contributed by atoms with van der Waals surface area (Å²) in [5.41, 5.74) is 2.45. The Kier molecular flexibility index (Phi) is 5.75. The number of hydrogen-bond acceptors (Lipinski definition) is 3. The Labute approximate surface area is 143 Å². The number of aryl methyl sites for hydroxylation is 1. The lowest BCUT2D eigenvalue weighted by atomic mass is 10.1. The number of benzene rings is 2. The quantitative estimate of drug-likeness (QED) is 0.844. The minimum atomic E-state index is -3.62. The van der Waals surface area contributed by atoms with Crippen molar-refractivity contribution < 1.29 is 13.2 Å². The Bertz CT molecular complexity index is 812. The summed E-state index contributed by atoms with van der Waals surface area (Å²) in [4.78, 5) is 12.3. The molecule has 24 heavy (non-hydrogen) atoms. The molecule has 0 saturated heterocycles. The van der Waals surface area contributed by atoms with E-state index in [0.717, 1.165) is 11.1 Å². The van der Waals surface area contributed by atoms with E-state index in [1.807, 2.05) is 31.2 Å². The van der Waals surface area contributed by atoms with Crippen LogP contribution in [0.2, 0.25) is 0 Å². The summed E-state index contributed by atoms with van der Waals surface area (Å²) in [7, 11) is -3.62. The highest BCUT2D eigenvalue weighted by Crippen LogP contribution is 2.12. The molecule has 0 aliphatic heterocycles. The summed E-state index contributed by atoms with van der Waals surface area (Å²) in [5.74, 6) is -0.308. The predicted octanol–water partition coefficient (Wildman–Crippen LogP) is 2.61. The van der Waals surface area contributed by atoms with Crippen LogP contribution in [0.5, 0.6) is 0 Å². The summed E-state index contributed by atoms with van der Waals surface area (Å²) in [6, 6.07) is 13.7. The number of amides is 1. The van der Waals surface area contributed by atoms with Gasteiger partial charge in [-0.2, -0.15) is 0 Å². The average molecular weight is 346 g/mol. The van der Waals surface area contributed by atoms with Gasteiger partial charge in [-0.1, -0.05) is 35.9 Å². The van der Waals surface area contributed by atoms with E-state index in [1.54, 1.807) is 26.0 Å². The topological polar surface area (TPSA) is 75.3 Å². The van der Waals surface area contributed by atoms with Crippen LogP contribution in [0.3, 0.4) is 0 Å². The molecule has 0 aliphatic carbocycles. The number of hydrogen-bond donors (Lipinski definition) is 2. The lowest BCUT2D eigenvalue weighted by Gasteiger charge is -2.11. The van der Waals surface area contributed by atoms with Crippen LogP contribution in [-0.2, 0) is 16.6 Å². The molecule has 0 aromatic heterocycles. The molecule has 2 aromatic rings. The summed E-state index contributed by atoms with van der Waals surface area (Å²) in [6.45, 7) is 5.88. The lowest BCUT2D eigenvalue weighted by molar-refractivity contribution is 0.0950. The molecule has 0 heterocycles. The fourth-order valence-corrected chi connectivity index (χ4v) is 3.47. The third-order valence-electron chi connectivity index (χ3n) is 3.37. The summed E-state index contributed by atoms with van der Waals surface area (Å²) >= 11 is 0. The minimum absolute atomic E-state index is 0.0826. The van der Waals surface area contributed by atoms with Crippen molar-refractivity contribution in [2.45, 2.75) is 38.3 Å². The Morgan fingerprint density at radius 3 is 2.38 bits per heavy atom. The SMILES string of the molecule is Cc1ccc(CNC(=O)c2cccc(S(=O)(=O)NC(C)C)c2)cc1. The maximum Gasteiger partial charge on any atom is 0.251 e. The van der Waals surface area contributed by atoms with Gasteiger partial charge in [0.25, 0.3) is 5.91 Å². The zero-order valence-electron chi connectivity index (χ0n) is 14.0. The fourth-order valence-electron chi connectivity index (χ4n) is 2.17. The second kappa shape index (κ2) is 7.59. The van der Waals surface area contributed by atoms with E-state index >= 15 is 0 Å². The van der Waals surface area contributed by atoms with Crippen LogP contribution in [0.1, 0.15) is 35.3 Å². The number of nitrogens with one attached hydrogen (secondary N) is 2. The highest BCUT2D eigenvalue weighted by Gasteiger charge is 2.17. The lowest BCUT2D eigenvalue weighted by Crippen LogP contribution is -2.30. The first-order chi connectivity index (χ1) is 11.3. The van der Waals surface area contributed by atoms with E-state index in [4.69, 9.17) is 0 Å². The average Bonchev–Trinajstić information content (AvgIpc) is 2.53. The highest BCUT2D eigenvalue weighted by atomic mass is 32.2. The molecular formula is C18H22N2O3S. The van der Waals surface area contributed by atoms with Gasteiger partial charge in [-0.15, -0.1) is 0 Å².